The van der Waals surface area contributed by atoms with Crippen LogP contribution in [0.1, 0.15) is 11.4 Å². The average molecular weight is 380 g/mol. The molecule has 0 aliphatic carbocycles. The first kappa shape index (κ1) is 16.8. The highest BCUT2D eigenvalue weighted by Gasteiger charge is 2.25. The van der Waals surface area contributed by atoms with Crippen molar-refractivity contribution < 1.29 is 12.4 Å². The number of imidazole rings is 1. The van der Waals surface area contributed by atoms with E-state index < -0.39 is 10.0 Å². The molecule has 0 bridgehead atoms. The van der Waals surface area contributed by atoms with Gasteiger partial charge in [-0.1, -0.05) is 47.5 Å². The largest absolute Gasteiger partial charge is 0.335 e. The minimum Gasteiger partial charge on any atom is -0.243 e. The predicted molar refractivity (Wildman–Crippen MR) is 95.4 cm³/mol. The molecule has 0 aliphatic rings. The van der Waals surface area contributed by atoms with Gasteiger partial charge >= 0.3 is 10.0 Å². The minimum atomic E-state index is -3.67. The van der Waals surface area contributed by atoms with Crippen molar-refractivity contribution in [1.82, 2.24) is 4.98 Å². The number of hydrogen-bond acceptors (Lipinski definition) is 2. The van der Waals surface area contributed by atoms with Crippen LogP contribution in [0.3, 0.4) is 0 Å². The van der Waals surface area contributed by atoms with Gasteiger partial charge in [0.15, 0.2) is 0 Å². The molecular formula is C17H13Cl2N2O2S+. The Hall–Kier alpha value is -2.08. The zero-order chi connectivity index (χ0) is 17.2. The molecule has 4 nitrogen and oxygen atoms in total. The Labute approximate surface area is 150 Å². The second kappa shape index (κ2) is 6.81. The first-order valence-electron chi connectivity index (χ1n) is 7.01. The summed E-state index contributed by atoms with van der Waals surface area (Å²) in [5.41, 5.74) is 0.735. The molecule has 0 radical (unpaired) electrons. The molecule has 0 saturated heterocycles. The van der Waals surface area contributed by atoms with Gasteiger partial charge in [-0.25, -0.2) is 4.98 Å². The molecule has 122 valence electrons. The Morgan fingerprint density at radius 3 is 2.46 bits per heavy atom. The van der Waals surface area contributed by atoms with Crippen LogP contribution in [0.15, 0.2) is 65.8 Å². The molecule has 1 aromatic heterocycles. The summed E-state index contributed by atoms with van der Waals surface area (Å²) in [5, 5.41) is 1.03. The highest BCUT2D eigenvalue weighted by atomic mass is 35.5. The van der Waals surface area contributed by atoms with Gasteiger partial charge in [0.25, 0.3) is 5.82 Å². The number of aromatic amines is 1. The van der Waals surface area contributed by atoms with Crippen molar-refractivity contribution >= 4 is 45.4 Å². The zero-order valence-corrected chi connectivity index (χ0v) is 14.7. The number of nitrogens with one attached hydrogen (secondary N) is 1. The SMILES string of the molecule is O=S(=O)(c1ccccc1)[n+]1cc[nH]c1/C=C/c1ccc(Cl)cc1Cl. The van der Waals surface area contributed by atoms with Gasteiger partial charge in [0, 0.05) is 16.1 Å². The number of halogens is 2. The molecule has 24 heavy (non-hydrogen) atoms. The molecule has 7 heteroatoms. The first-order valence-corrected chi connectivity index (χ1v) is 9.21. The van der Waals surface area contributed by atoms with Gasteiger partial charge in [-0.05, 0) is 35.9 Å². The molecule has 1 heterocycles. The molecule has 0 fully saturated rings. The molecule has 3 aromatic rings. The molecular weight excluding hydrogens is 367 g/mol. The third kappa shape index (κ3) is 3.38. The van der Waals surface area contributed by atoms with E-state index in [0.29, 0.717) is 15.9 Å². The normalized spacial score (nSPS) is 11.9. The van der Waals surface area contributed by atoms with E-state index in [-0.39, 0.29) is 4.90 Å². The molecule has 0 atom stereocenters. The summed E-state index contributed by atoms with van der Waals surface area (Å²) in [5.74, 6) is 0.407. The summed E-state index contributed by atoms with van der Waals surface area (Å²) < 4.78 is 26.6. The lowest BCUT2D eigenvalue weighted by Crippen LogP contribution is -2.43. The highest BCUT2D eigenvalue weighted by molar-refractivity contribution is 7.85. The quantitative estimate of drug-likeness (QED) is 0.696. The standard InChI is InChI=1S/C17H12Cl2N2O2S/c18-14-8-6-13(16(19)12-14)7-9-17-20-10-11-21(17)24(22,23)15-4-2-1-3-5-15/h1-12H/p+1/b9-7+. The van der Waals surface area contributed by atoms with Crippen LogP contribution in [-0.4, -0.2) is 13.4 Å². The Bertz CT molecular complexity index is 996. The summed E-state index contributed by atoms with van der Waals surface area (Å²) in [7, 11) is -3.67. The van der Waals surface area contributed by atoms with Gasteiger partial charge in [-0.3, -0.25) is 0 Å². The van der Waals surface area contributed by atoms with E-state index in [2.05, 4.69) is 4.98 Å². The van der Waals surface area contributed by atoms with Crippen molar-refractivity contribution in [1.29, 1.82) is 0 Å². The number of rotatable bonds is 4. The van der Waals surface area contributed by atoms with Crippen LogP contribution in [0.25, 0.3) is 12.2 Å². The van der Waals surface area contributed by atoms with Crippen molar-refractivity contribution in [3.05, 3.63) is 82.4 Å². The molecule has 0 unspecified atom stereocenters. The molecule has 0 spiro atoms. The fourth-order valence-corrected chi connectivity index (χ4v) is 3.97. The third-order valence-electron chi connectivity index (χ3n) is 3.36. The Balaban J connectivity index is 1.98. The summed E-state index contributed by atoms with van der Waals surface area (Å²) >= 11 is 12.0. The van der Waals surface area contributed by atoms with Gasteiger partial charge in [0.1, 0.15) is 17.3 Å². The van der Waals surface area contributed by atoms with Gasteiger partial charge in [-0.15, -0.1) is 3.97 Å². The van der Waals surface area contributed by atoms with Crippen LogP contribution in [0.4, 0.5) is 0 Å². The summed E-state index contributed by atoms with van der Waals surface area (Å²) in [4.78, 5) is 3.13. The third-order valence-corrected chi connectivity index (χ3v) is 5.63. The van der Waals surface area contributed by atoms with Gasteiger partial charge in [0.05, 0.1) is 0 Å². The lowest BCUT2D eigenvalue weighted by Gasteiger charge is -2.01. The highest BCUT2D eigenvalue weighted by Crippen LogP contribution is 2.22. The summed E-state index contributed by atoms with van der Waals surface area (Å²) in [6.07, 6.45) is 6.40. The fourth-order valence-electron chi connectivity index (χ4n) is 2.18. The maximum atomic E-state index is 12.7. The monoisotopic (exact) mass is 379 g/mol. The van der Waals surface area contributed by atoms with Gasteiger partial charge < -0.3 is 0 Å². The summed E-state index contributed by atoms with van der Waals surface area (Å²) in [6.45, 7) is 0. The van der Waals surface area contributed by atoms with Crippen molar-refractivity contribution in [2.45, 2.75) is 4.90 Å². The second-order valence-corrected chi connectivity index (χ2v) is 7.62. The van der Waals surface area contributed by atoms with Crippen LogP contribution in [0.2, 0.25) is 10.0 Å². The first-order chi connectivity index (χ1) is 11.5. The van der Waals surface area contributed by atoms with E-state index in [9.17, 15) is 8.42 Å². The number of hydrogen-bond donors (Lipinski definition) is 1. The fraction of sp³-hybridized carbons (Fsp3) is 0. The van der Waals surface area contributed by atoms with Crippen molar-refractivity contribution in [3.63, 3.8) is 0 Å². The van der Waals surface area contributed by atoms with Crippen LogP contribution in [0, 0.1) is 0 Å². The molecule has 3 rings (SSSR count). The number of benzene rings is 2. The maximum Gasteiger partial charge on any atom is 0.335 e. The molecule has 0 aliphatic heterocycles. The van der Waals surface area contributed by atoms with Crippen LogP contribution >= 0.6 is 23.2 Å². The van der Waals surface area contributed by atoms with E-state index in [1.165, 1.54) is 10.2 Å². The van der Waals surface area contributed by atoms with Gasteiger partial charge in [-0.2, -0.15) is 8.42 Å². The number of nitrogens with zero attached hydrogens (tertiary/aromatic N) is 1. The van der Waals surface area contributed by atoms with E-state index in [1.807, 2.05) is 0 Å². The second-order valence-electron chi connectivity index (χ2n) is 4.96. The van der Waals surface area contributed by atoms with Crippen LogP contribution in [-0.2, 0) is 10.0 Å². The molecule has 2 aromatic carbocycles. The van der Waals surface area contributed by atoms with E-state index in [4.69, 9.17) is 23.2 Å². The van der Waals surface area contributed by atoms with Crippen molar-refractivity contribution in [2.24, 2.45) is 0 Å². The average Bonchev–Trinajstić information content (AvgIpc) is 3.04. The smallest absolute Gasteiger partial charge is 0.243 e. The Morgan fingerprint density at radius 1 is 1.00 bits per heavy atom. The van der Waals surface area contributed by atoms with Gasteiger partial charge in [0.2, 0.25) is 0 Å². The predicted octanol–water partition coefficient (Wildman–Crippen LogP) is 4.02. The van der Waals surface area contributed by atoms with Crippen LogP contribution in [0.5, 0.6) is 0 Å². The molecule has 0 amide bonds. The van der Waals surface area contributed by atoms with Crippen molar-refractivity contribution in [2.75, 3.05) is 0 Å². The summed E-state index contributed by atoms with van der Waals surface area (Å²) in [6, 6.07) is 13.4. The lowest BCUT2D eigenvalue weighted by molar-refractivity contribution is -0.511. The zero-order valence-electron chi connectivity index (χ0n) is 12.4. The number of aromatic nitrogens is 2. The van der Waals surface area contributed by atoms with E-state index in [0.717, 1.165) is 5.56 Å². The topological polar surface area (TPSA) is 53.8 Å². The molecule has 1 N–H and O–H groups in total. The number of H-pyrrole nitrogens is 1. The van der Waals surface area contributed by atoms with Crippen LogP contribution < -0.4 is 3.97 Å². The van der Waals surface area contributed by atoms with E-state index in [1.54, 1.807) is 66.9 Å². The Morgan fingerprint density at radius 2 is 1.75 bits per heavy atom. The Kier molecular flexibility index (Phi) is 4.76. The maximum absolute atomic E-state index is 12.7. The minimum absolute atomic E-state index is 0.216. The molecule has 0 saturated carbocycles. The van der Waals surface area contributed by atoms with E-state index >= 15 is 0 Å². The van der Waals surface area contributed by atoms with Crippen molar-refractivity contribution in [3.8, 4) is 0 Å². The lowest BCUT2D eigenvalue weighted by atomic mass is 10.2.